The maximum absolute atomic E-state index is 11.5. The Morgan fingerprint density at radius 1 is 1.67 bits per heavy atom. The van der Waals surface area contributed by atoms with E-state index >= 15 is 0 Å². The molecule has 88 valence electrons. The molecule has 1 aliphatic heterocycles. The fourth-order valence-electron chi connectivity index (χ4n) is 1.72. The molecule has 2 N–H and O–H groups in total. The Bertz CT molecular complexity index is 223. The van der Waals surface area contributed by atoms with Gasteiger partial charge in [0.05, 0.1) is 12.1 Å². The Labute approximate surface area is 96.6 Å². The number of β-amino-alcohol motifs (C(OH)–C–C–N with tert-alkyl or cyclic N) is 1. The van der Waals surface area contributed by atoms with Gasteiger partial charge in [0.1, 0.15) is 0 Å². The third-order valence-corrected chi connectivity index (χ3v) is 2.86. The highest BCUT2D eigenvalue weighted by Gasteiger charge is 2.27. The van der Waals surface area contributed by atoms with Gasteiger partial charge >= 0.3 is 0 Å². The molecule has 1 fully saturated rings. The molecule has 4 nitrogen and oxygen atoms in total. The smallest absolute Gasteiger partial charge is 0.220 e. The minimum absolute atomic E-state index is 0.0293. The summed E-state index contributed by atoms with van der Waals surface area (Å²) in [6.45, 7) is 5.32. The molecule has 0 bridgehead atoms. The molecule has 2 unspecified atom stereocenters. The van der Waals surface area contributed by atoms with Gasteiger partial charge < -0.3 is 10.4 Å². The maximum atomic E-state index is 11.5. The number of nitrogens with one attached hydrogen (secondary N) is 1. The summed E-state index contributed by atoms with van der Waals surface area (Å²) in [5, 5.41) is 12.6. The summed E-state index contributed by atoms with van der Waals surface area (Å²) in [6, 6.07) is -0.111. The van der Waals surface area contributed by atoms with Crippen molar-refractivity contribution in [2.24, 2.45) is 5.92 Å². The van der Waals surface area contributed by atoms with E-state index in [0.717, 1.165) is 13.0 Å². The Morgan fingerprint density at radius 3 is 2.87 bits per heavy atom. The van der Waals surface area contributed by atoms with Gasteiger partial charge in [0.15, 0.2) is 0 Å². The van der Waals surface area contributed by atoms with Crippen LogP contribution in [0.3, 0.4) is 0 Å². The number of hydrogen-bond acceptors (Lipinski definition) is 4. The van der Waals surface area contributed by atoms with Crippen molar-refractivity contribution in [2.75, 3.05) is 13.1 Å². The molecule has 15 heavy (non-hydrogen) atoms. The molecular formula is C10H20N2O2S. The van der Waals surface area contributed by atoms with Crippen molar-refractivity contribution in [1.82, 2.24) is 9.62 Å². The van der Waals surface area contributed by atoms with Crippen LogP contribution in [-0.2, 0) is 4.79 Å². The number of rotatable bonds is 3. The highest BCUT2D eigenvalue weighted by molar-refractivity contribution is 7.77. The molecule has 1 amide bonds. The first-order chi connectivity index (χ1) is 6.99. The van der Waals surface area contributed by atoms with E-state index in [1.807, 2.05) is 13.8 Å². The summed E-state index contributed by atoms with van der Waals surface area (Å²) in [5.74, 6) is 0.383. The molecule has 0 aliphatic carbocycles. The van der Waals surface area contributed by atoms with Gasteiger partial charge in [-0.25, -0.2) is 0 Å². The zero-order valence-electron chi connectivity index (χ0n) is 9.31. The highest BCUT2D eigenvalue weighted by Crippen LogP contribution is 2.13. The molecule has 2 atom stereocenters. The summed E-state index contributed by atoms with van der Waals surface area (Å²) in [6.07, 6.45) is 0.773. The molecular weight excluding hydrogens is 212 g/mol. The van der Waals surface area contributed by atoms with E-state index in [2.05, 4.69) is 18.1 Å². The molecule has 1 rings (SSSR count). The monoisotopic (exact) mass is 232 g/mol. The summed E-state index contributed by atoms with van der Waals surface area (Å²) < 4.78 is 1.77. The Balaban J connectivity index is 2.34. The second-order valence-electron chi connectivity index (χ2n) is 4.54. The van der Waals surface area contributed by atoms with Crippen molar-refractivity contribution in [3.8, 4) is 0 Å². The van der Waals surface area contributed by atoms with Gasteiger partial charge in [-0.2, -0.15) is 0 Å². The van der Waals surface area contributed by atoms with E-state index < -0.39 is 6.10 Å². The van der Waals surface area contributed by atoms with Crippen LogP contribution >= 0.6 is 12.8 Å². The first-order valence-corrected chi connectivity index (χ1v) is 5.80. The van der Waals surface area contributed by atoms with Gasteiger partial charge in [-0.15, -0.1) is 0 Å². The number of carbonyl (C=O) groups excluding carboxylic acids is 1. The van der Waals surface area contributed by atoms with Gasteiger partial charge in [0.2, 0.25) is 5.91 Å². The first kappa shape index (κ1) is 12.8. The van der Waals surface area contributed by atoms with E-state index in [0.29, 0.717) is 18.9 Å². The molecule has 0 aromatic heterocycles. The van der Waals surface area contributed by atoms with Crippen LogP contribution < -0.4 is 5.32 Å². The highest BCUT2D eigenvalue weighted by atomic mass is 32.1. The number of thiol groups is 1. The predicted molar refractivity (Wildman–Crippen MR) is 62.6 cm³/mol. The molecule has 0 aromatic rings. The van der Waals surface area contributed by atoms with Crippen LogP contribution in [-0.4, -0.2) is 40.6 Å². The van der Waals surface area contributed by atoms with E-state index in [4.69, 9.17) is 0 Å². The predicted octanol–water partition coefficient (Wildman–Crippen LogP) is 0.429. The second-order valence-corrected chi connectivity index (χ2v) is 5.11. The van der Waals surface area contributed by atoms with Crippen molar-refractivity contribution >= 4 is 18.7 Å². The topological polar surface area (TPSA) is 52.6 Å². The Hall–Kier alpha value is -0.260. The second kappa shape index (κ2) is 5.72. The maximum Gasteiger partial charge on any atom is 0.220 e. The van der Waals surface area contributed by atoms with E-state index in [1.165, 1.54) is 0 Å². The van der Waals surface area contributed by atoms with Crippen molar-refractivity contribution in [3.05, 3.63) is 0 Å². The van der Waals surface area contributed by atoms with Crippen LogP contribution in [0.15, 0.2) is 0 Å². The van der Waals surface area contributed by atoms with Crippen molar-refractivity contribution in [3.63, 3.8) is 0 Å². The fourth-order valence-corrected chi connectivity index (χ4v) is 2.00. The standard InChI is InChI=1S/C10H20N2O2S/c1-7(2)5-10(14)11-8-3-4-12(15)6-9(8)13/h7-9,13,15H,3-6H2,1-2H3,(H,11,14). The molecule has 0 radical (unpaired) electrons. The summed E-state index contributed by atoms with van der Waals surface area (Å²) in [7, 11) is 0. The number of hydrogen-bond donors (Lipinski definition) is 3. The Morgan fingerprint density at radius 2 is 2.33 bits per heavy atom. The van der Waals surface area contributed by atoms with Crippen LogP contribution in [0.2, 0.25) is 0 Å². The number of piperidine rings is 1. The van der Waals surface area contributed by atoms with Gasteiger partial charge in [0.25, 0.3) is 0 Å². The minimum atomic E-state index is -0.507. The molecule has 0 saturated carbocycles. The van der Waals surface area contributed by atoms with E-state index in [9.17, 15) is 9.90 Å². The average Bonchev–Trinajstić information content (AvgIpc) is 2.08. The van der Waals surface area contributed by atoms with Crippen molar-refractivity contribution < 1.29 is 9.90 Å². The lowest BCUT2D eigenvalue weighted by molar-refractivity contribution is -0.123. The first-order valence-electron chi connectivity index (χ1n) is 5.40. The van der Waals surface area contributed by atoms with Crippen LogP contribution in [0.1, 0.15) is 26.7 Å². The molecule has 1 heterocycles. The lowest BCUT2D eigenvalue weighted by Gasteiger charge is -2.33. The SMILES string of the molecule is CC(C)CC(=O)NC1CCN(S)CC1O. The number of aliphatic hydroxyl groups excluding tert-OH is 1. The average molecular weight is 232 g/mol. The summed E-state index contributed by atoms with van der Waals surface area (Å²) >= 11 is 4.17. The quantitative estimate of drug-likeness (QED) is 0.619. The molecule has 0 spiro atoms. The zero-order chi connectivity index (χ0) is 11.4. The van der Waals surface area contributed by atoms with Crippen molar-refractivity contribution in [1.29, 1.82) is 0 Å². The molecule has 0 aromatic carbocycles. The lowest BCUT2D eigenvalue weighted by Crippen LogP contribution is -2.52. The van der Waals surface area contributed by atoms with Crippen LogP contribution in [0.5, 0.6) is 0 Å². The zero-order valence-corrected chi connectivity index (χ0v) is 10.2. The lowest BCUT2D eigenvalue weighted by atomic mass is 10.0. The third-order valence-electron chi connectivity index (χ3n) is 2.50. The Kier molecular flexibility index (Phi) is 4.89. The van der Waals surface area contributed by atoms with Crippen LogP contribution in [0.25, 0.3) is 0 Å². The third kappa shape index (κ3) is 4.40. The van der Waals surface area contributed by atoms with Crippen molar-refractivity contribution in [2.45, 2.75) is 38.8 Å². The largest absolute Gasteiger partial charge is 0.390 e. The number of aliphatic hydroxyl groups is 1. The normalized spacial score (nSPS) is 28.1. The van der Waals surface area contributed by atoms with Gasteiger partial charge in [-0.05, 0) is 12.3 Å². The number of nitrogens with zero attached hydrogens (tertiary/aromatic N) is 1. The van der Waals surface area contributed by atoms with E-state index in [1.54, 1.807) is 4.31 Å². The van der Waals surface area contributed by atoms with Gasteiger partial charge in [0, 0.05) is 19.5 Å². The number of carbonyl (C=O) groups is 1. The molecule has 1 saturated heterocycles. The van der Waals surface area contributed by atoms with E-state index in [-0.39, 0.29) is 11.9 Å². The molecule has 1 aliphatic rings. The summed E-state index contributed by atoms with van der Waals surface area (Å²) in [4.78, 5) is 11.5. The summed E-state index contributed by atoms with van der Waals surface area (Å²) in [5.41, 5.74) is 0. The van der Waals surface area contributed by atoms with Crippen LogP contribution in [0.4, 0.5) is 0 Å². The number of amides is 1. The van der Waals surface area contributed by atoms with Gasteiger partial charge in [-0.1, -0.05) is 26.7 Å². The van der Waals surface area contributed by atoms with Gasteiger partial charge in [-0.3, -0.25) is 9.10 Å². The fraction of sp³-hybridized carbons (Fsp3) is 0.900. The molecule has 5 heteroatoms. The minimum Gasteiger partial charge on any atom is -0.390 e. The van der Waals surface area contributed by atoms with Crippen LogP contribution in [0, 0.1) is 5.92 Å².